The van der Waals surface area contributed by atoms with Crippen molar-refractivity contribution in [3.8, 4) is 0 Å². The number of nitrogens with two attached hydrogens (primary N) is 1. The second-order valence-electron chi connectivity index (χ2n) is 4.90. The van der Waals surface area contributed by atoms with Crippen LogP contribution in [0.1, 0.15) is 32.1 Å². The Morgan fingerprint density at radius 1 is 1.52 bits per heavy atom. The van der Waals surface area contributed by atoms with Crippen molar-refractivity contribution in [2.45, 2.75) is 32.7 Å². The van der Waals surface area contributed by atoms with Crippen LogP contribution in [0.3, 0.4) is 0 Å². The molecule has 21 heavy (non-hydrogen) atoms. The van der Waals surface area contributed by atoms with E-state index in [2.05, 4.69) is 17.2 Å². The minimum Gasteiger partial charge on any atom is -0.397 e. The molecule has 1 aromatic carbocycles. The number of aryl methyl sites for hydroxylation is 1. The molecule has 1 amide bonds. The van der Waals surface area contributed by atoms with Crippen LogP contribution in [0, 0.1) is 0 Å². The van der Waals surface area contributed by atoms with Gasteiger partial charge in [-0.1, -0.05) is 18.5 Å². The number of benzene rings is 1. The van der Waals surface area contributed by atoms with Gasteiger partial charge in [0.05, 0.1) is 11.4 Å². The fourth-order valence-electron chi connectivity index (χ4n) is 2.12. The third kappa shape index (κ3) is 3.55. The maximum absolute atomic E-state index is 12.4. The highest BCUT2D eigenvalue weighted by atomic mass is 35.5. The Labute approximate surface area is 129 Å². The number of rotatable bonds is 5. The first-order valence-electron chi connectivity index (χ1n) is 6.90. The van der Waals surface area contributed by atoms with Gasteiger partial charge in [-0.15, -0.1) is 0 Å². The van der Waals surface area contributed by atoms with Gasteiger partial charge >= 0.3 is 0 Å². The van der Waals surface area contributed by atoms with E-state index in [-0.39, 0.29) is 11.9 Å². The SMILES string of the molecule is CCCc1nccn1C(C)C(=O)Nc1ccc(Cl)cc1N. The van der Waals surface area contributed by atoms with Gasteiger partial charge in [-0.2, -0.15) is 0 Å². The number of nitrogens with one attached hydrogen (secondary N) is 1. The predicted octanol–water partition coefficient (Wildman–Crippen LogP) is 3.27. The number of carbonyl (C=O) groups excluding carboxylic acids is 1. The number of amides is 1. The Hall–Kier alpha value is -2.01. The Balaban J connectivity index is 2.14. The molecule has 2 aromatic rings. The molecule has 0 saturated carbocycles. The summed E-state index contributed by atoms with van der Waals surface area (Å²) < 4.78 is 1.88. The van der Waals surface area contributed by atoms with Gasteiger partial charge < -0.3 is 15.6 Å². The Morgan fingerprint density at radius 3 is 2.95 bits per heavy atom. The number of carbonyl (C=O) groups is 1. The standard InChI is InChI=1S/C15H19ClN4O/c1-3-4-14-18-7-8-20(14)10(2)15(21)19-13-6-5-11(16)9-12(13)17/h5-10H,3-4,17H2,1-2H3,(H,19,21). The van der Waals surface area contributed by atoms with Crippen molar-refractivity contribution in [1.29, 1.82) is 0 Å². The third-order valence-corrected chi connectivity index (χ3v) is 3.53. The molecule has 2 rings (SSSR count). The van der Waals surface area contributed by atoms with Crippen molar-refractivity contribution in [2.75, 3.05) is 11.1 Å². The van der Waals surface area contributed by atoms with E-state index in [9.17, 15) is 4.79 Å². The molecule has 3 N–H and O–H groups in total. The first kappa shape index (κ1) is 15.4. The first-order valence-corrected chi connectivity index (χ1v) is 7.28. The number of nitrogen functional groups attached to an aromatic ring is 1. The summed E-state index contributed by atoms with van der Waals surface area (Å²) in [6.07, 6.45) is 5.36. The molecule has 1 aromatic heterocycles. The largest absolute Gasteiger partial charge is 0.397 e. The average molecular weight is 307 g/mol. The predicted molar refractivity (Wildman–Crippen MR) is 85.4 cm³/mol. The van der Waals surface area contributed by atoms with Crippen LogP contribution in [0.4, 0.5) is 11.4 Å². The minimum atomic E-state index is -0.357. The molecular formula is C15H19ClN4O. The van der Waals surface area contributed by atoms with Crippen LogP contribution < -0.4 is 11.1 Å². The second-order valence-corrected chi connectivity index (χ2v) is 5.33. The van der Waals surface area contributed by atoms with Gasteiger partial charge in [-0.3, -0.25) is 4.79 Å². The fraction of sp³-hybridized carbons (Fsp3) is 0.333. The molecule has 112 valence electrons. The number of hydrogen-bond donors (Lipinski definition) is 2. The molecule has 0 aliphatic heterocycles. The van der Waals surface area contributed by atoms with Crippen molar-refractivity contribution < 1.29 is 4.79 Å². The van der Waals surface area contributed by atoms with Gasteiger partial charge in [-0.05, 0) is 31.5 Å². The third-order valence-electron chi connectivity index (χ3n) is 3.29. The molecule has 0 saturated heterocycles. The molecule has 0 fully saturated rings. The van der Waals surface area contributed by atoms with Crippen LogP contribution in [0.15, 0.2) is 30.6 Å². The summed E-state index contributed by atoms with van der Waals surface area (Å²) in [4.78, 5) is 16.6. The van der Waals surface area contributed by atoms with E-state index in [4.69, 9.17) is 17.3 Å². The molecule has 1 heterocycles. The van der Waals surface area contributed by atoms with E-state index < -0.39 is 0 Å². The number of halogens is 1. The van der Waals surface area contributed by atoms with Crippen LogP contribution in [0.25, 0.3) is 0 Å². The number of anilines is 2. The van der Waals surface area contributed by atoms with E-state index in [1.807, 2.05) is 17.7 Å². The van der Waals surface area contributed by atoms with E-state index >= 15 is 0 Å². The summed E-state index contributed by atoms with van der Waals surface area (Å²) in [6, 6.07) is 4.65. The number of imidazole rings is 1. The smallest absolute Gasteiger partial charge is 0.247 e. The topological polar surface area (TPSA) is 72.9 Å². The van der Waals surface area contributed by atoms with Crippen molar-refractivity contribution in [3.63, 3.8) is 0 Å². The van der Waals surface area contributed by atoms with Crippen molar-refractivity contribution in [1.82, 2.24) is 9.55 Å². The van der Waals surface area contributed by atoms with E-state index in [0.717, 1.165) is 18.7 Å². The molecule has 1 atom stereocenters. The molecule has 0 spiro atoms. The van der Waals surface area contributed by atoms with Crippen LogP contribution in [-0.2, 0) is 11.2 Å². The fourth-order valence-corrected chi connectivity index (χ4v) is 2.31. The average Bonchev–Trinajstić information content (AvgIpc) is 2.89. The van der Waals surface area contributed by atoms with Crippen molar-refractivity contribution in [3.05, 3.63) is 41.4 Å². The lowest BCUT2D eigenvalue weighted by molar-refractivity contribution is -0.118. The second kappa shape index (κ2) is 6.63. The molecule has 0 aliphatic carbocycles. The van der Waals surface area contributed by atoms with Gasteiger partial charge in [0.15, 0.2) is 0 Å². The maximum Gasteiger partial charge on any atom is 0.247 e. The Morgan fingerprint density at radius 2 is 2.29 bits per heavy atom. The zero-order chi connectivity index (χ0) is 15.4. The van der Waals surface area contributed by atoms with Crippen LogP contribution in [-0.4, -0.2) is 15.5 Å². The summed E-state index contributed by atoms with van der Waals surface area (Å²) in [5.74, 6) is 0.767. The number of aromatic nitrogens is 2. The summed E-state index contributed by atoms with van der Waals surface area (Å²) in [6.45, 7) is 3.92. The number of hydrogen-bond acceptors (Lipinski definition) is 3. The van der Waals surface area contributed by atoms with Crippen LogP contribution in [0.5, 0.6) is 0 Å². The first-order chi connectivity index (χ1) is 10.0. The van der Waals surface area contributed by atoms with E-state index in [0.29, 0.717) is 16.4 Å². The zero-order valence-corrected chi connectivity index (χ0v) is 12.9. The Bertz CT molecular complexity index is 638. The molecular weight excluding hydrogens is 288 g/mol. The van der Waals surface area contributed by atoms with Gasteiger partial charge in [0.25, 0.3) is 0 Å². The van der Waals surface area contributed by atoms with Crippen molar-refractivity contribution >= 4 is 28.9 Å². The molecule has 6 heteroatoms. The van der Waals surface area contributed by atoms with Gasteiger partial charge in [-0.25, -0.2) is 4.98 Å². The monoisotopic (exact) mass is 306 g/mol. The highest BCUT2D eigenvalue weighted by molar-refractivity contribution is 6.31. The highest BCUT2D eigenvalue weighted by Gasteiger charge is 2.18. The van der Waals surface area contributed by atoms with Crippen molar-refractivity contribution in [2.24, 2.45) is 0 Å². The highest BCUT2D eigenvalue weighted by Crippen LogP contribution is 2.24. The van der Waals surface area contributed by atoms with Gasteiger partial charge in [0.2, 0.25) is 5.91 Å². The van der Waals surface area contributed by atoms with E-state index in [1.165, 1.54) is 0 Å². The maximum atomic E-state index is 12.4. The molecule has 1 unspecified atom stereocenters. The summed E-state index contributed by atoms with van der Waals surface area (Å²) in [5.41, 5.74) is 6.86. The lowest BCUT2D eigenvalue weighted by atomic mass is 10.2. The minimum absolute atomic E-state index is 0.139. The lowest BCUT2D eigenvalue weighted by Crippen LogP contribution is -2.25. The molecule has 5 nitrogen and oxygen atoms in total. The van der Waals surface area contributed by atoms with Gasteiger partial charge in [0.1, 0.15) is 11.9 Å². The molecule has 0 bridgehead atoms. The van der Waals surface area contributed by atoms with Crippen LogP contribution >= 0.6 is 11.6 Å². The molecule has 0 radical (unpaired) electrons. The Kier molecular flexibility index (Phi) is 4.85. The summed E-state index contributed by atoms with van der Waals surface area (Å²) in [5, 5.41) is 3.36. The van der Waals surface area contributed by atoms with E-state index in [1.54, 1.807) is 24.4 Å². The number of nitrogens with zero attached hydrogens (tertiary/aromatic N) is 2. The van der Waals surface area contributed by atoms with Gasteiger partial charge in [0, 0.05) is 23.8 Å². The zero-order valence-electron chi connectivity index (χ0n) is 12.1. The van der Waals surface area contributed by atoms with Crippen LogP contribution in [0.2, 0.25) is 5.02 Å². The molecule has 0 aliphatic rings. The summed E-state index contributed by atoms with van der Waals surface area (Å²) in [7, 11) is 0. The quantitative estimate of drug-likeness (QED) is 0.833. The normalized spacial score (nSPS) is 12.1. The summed E-state index contributed by atoms with van der Waals surface area (Å²) >= 11 is 5.85. The lowest BCUT2D eigenvalue weighted by Gasteiger charge is -2.17.